The minimum absolute atomic E-state index is 0. The lowest BCUT2D eigenvalue weighted by atomic mass is 10.1. The number of aliphatic imine (C=N–C) groups is 1. The lowest BCUT2D eigenvalue weighted by Crippen LogP contribution is -2.41. The molecule has 1 aliphatic heterocycles. The Bertz CT molecular complexity index is 914. The molecule has 0 radical (unpaired) electrons. The fraction of sp³-hybridized carbons (Fsp3) is 0.350. The number of halogens is 1. The van der Waals surface area contributed by atoms with Crippen molar-refractivity contribution in [3.05, 3.63) is 65.2 Å². The highest BCUT2D eigenvalue weighted by atomic mass is 127. The van der Waals surface area contributed by atoms with E-state index in [0.29, 0.717) is 25.6 Å². The smallest absolute Gasteiger partial charge is 0.236 e. The van der Waals surface area contributed by atoms with Crippen molar-refractivity contribution < 1.29 is 8.42 Å². The van der Waals surface area contributed by atoms with Gasteiger partial charge in [0.25, 0.3) is 0 Å². The average molecular weight is 514 g/mol. The van der Waals surface area contributed by atoms with Gasteiger partial charge in [-0.3, -0.25) is 9.30 Å². The molecule has 2 aromatic rings. The molecule has 0 fully saturated rings. The summed E-state index contributed by atoms with van der Waals surface area (Å²) >= 11 is 0. The van der Waals surface area contributed by atoms with E-state index < -0.39 is 10.0 Å². The second-order valence-electron chi connectivity index (χ2n) is 6.61. The summed E-state index contributed by atoms with van der Waals surface area (Å²) in [6, 6.07) is 15.9. The largest absolute Gasteiger partial charge is 0.355 e. The third kappa shape index (κ3) is 5.60. The van der Waals surface area contributed by atoms with Gasteiger partial charge in [-0.2, -0.15) is 0 Å². The summed E-state index contributed by atoms with van der Waals surface area (Å²) in [4.78, 5) is 4.16. The third-order valence-electron chi connectivity index (χ3n) is 4.64. The monoisotopic (exact) mass is 514 g/mol. The molecule has 0 saturated carbocycles. The molecule has 2 aromatic carbocycles. The first-order valence-electron chi connectivity index (χ1n) is 9.08. The van der Waals surface area contributed by atoms with Gasteiger partial charge in [0, 0.05) is 26.7 Å². The summed E-state index contributed by atoms with van der Waals surface area (Å²) in [5, 5.41) is 6.29. The molecule has 0 atom stereocenters. The van der Waals surface area contributed by atoms with E-state index >= 15 is 0 Å². The van der Waals surface area contributed by atoms with Crippen LogP contribution in [0.5, 0.6) is 0 Å². The summed E-state index contributed by atoms with van der Waals surface area (Å²) in [5.41, 5.74) is 4.25. The second kappa shape index (κ2) is 10.1. The highest BCUT2D eigenvalue weighted by Gasteiger charge is 2.28. The molecule has 0 amide bonds. The molecule has 0 saturated heterocycles. The standard InChI is InChI=1S/C20H26N4O2S.HI/c1-16-7-9-17(10-8-16)15-23-20(21-2)22-12-14-27(25,26)24-13-11-18-5-3-4-6-19(18)24;/h3-10H,11-15H2,1-2H3,(H2,21,22,23);1H. The summed E-state index contributed by atoms with van der Waals surface area (Å²) in [6.07, 6.45) is 0.766. The van der Waals surface area contributed by atoms with Gasteiger partial charge in [0.15, 0.2) is 5.96 Å². The maximum Gasteiger partial charge on any atom is 0.236 e. The van der Waals surface area contributed by atoms with Crippen molar-refractivity contribution in [2.45, 2.75) is 19.9 Å². The highest BCUT2D eigenvalue weighted by molar-refractivity contribution is 14.0. The first kappa shape index (κ1) is 22.5. The van der Waals surface area contributed by atoms with Gasteiger partial charge in [-0.15, -0.1) is 24.0 Å². The van der Waals surface area contributed by atoms with Crippen LogP contribution in [0.1, 0.15) is 16.7 Å². The molecule has 2 N–H and O–H groups in total. The maximum atomic E-state index is 12.7. The molecule has 3 rings (SSSR count). The number of aryl methyl sites for hydroxylation is 1. The van der Waals surface area contributed by atoms with Crippen molar-refractivity contribution in [2.24, 2.45) is 4.99 Å². The molecule has 0 aliphatic carbocycles. The number of anilines is 1. The number of benzene rings is 2. The molecule has 0 aromatic heterocycles. The molecule has 28 heavy (non-hydrogen) atoms. The summed E-state index contributed by atoms with van der Waals surface area (Å²) in [7, 11) is -1.68. The fourth-order valence-corrected chi connectivity index (χ4v) is 4.55. The molecule has 0 unspecified atom stereocenters. The molecule has 1 heterocycles. The number of guanidine groups is 1. The average Bonchev–Trinajstić information content (AvgIpc) is 3.11. The number of rotatable bonds is 6. The molecular weight excluding hydrogens is 487 g/mol. The Labute approximate surface area is 184 Å². The van der Waals surface area contributed by atoms with Gasteiger partial charge in [-0.05, 0) is 30.5 Å². The van der Waals surface area contributed by atoms with E-state index in [0.717, 1.165) is 23.2 Å². The van der Waals surface area contributed by atoms with Crippen molar-refractivity contribution in [1.29, 1.82) is 0 Å². The van der Waals surface area contributed by atoms with E-state index in [1.165, 1.54) is 9.87 Å². The highest BCUT2D eigenvalue weighted by Crippen LogP contribution is 2.29. The Balaban J connectivity index is 0.00000280. The lowest BCUT2D eigenvalue weighted by Gasteiger charge is -2.20. The third-order valence-corrected chi connectivity index (χ3v) is 6.41. The molecule has 152 valence electrons. The molecular formula is C20H27IN4O2S. The van der Waals surface area contributed by atoms with E-state index in [2.05, 4.69) is 46.8 Å². The summed E-state index contributed by atoms with van der Waals surface area (Å²) in [6.45, 7) is 3.50. The van der Waals surface area contributed by atoms with Gasteiger partial charge in [0.1, 0.15) is 0 Å². The molecule has 6 nitrogen and oxygen atoms in total. The van der Waals surface area contributed by atoms with Crippen LogP contribution in [0.15, 0.2) is 53.5 Å². The predicted molar refractivity (Wildman–Crippen MR) is 126 cm³/mol. The number of hydrogen-bond donors (Lipinski definition) is 2. The van der Waals surface area contributed by atoms with Gasteiger partial charge in [-0.25, -0.2) is 8.42 Å². The zero-order valence-electron chi connectivity index (χ0n) is 16.2. The normalized spacial score (nSPS) is 13.6. The minimum Gasteiger partial charge on any atom is -0.355 e. The van der Waals surface area contributed by atoms with Crippen LogP contribution in [0, 0.1) is 6.92 Å². The van der Waals surface area contributed by atoms with E-state index in [1.54, 1.807) is 7.05 Å². The Morgan fingerprint density at radius 2 is 1.82 bits per heavy atom. The van der Waals surface area contributed by atoms with Crippen molar-refractivity contribution in [2.75, 3.05) is 30.2 Å². The zero-order valence-corrected chi connectivity index (χ0v) is 19.3. The molecule has 0 spiro atoms. The van der Waals surface area contributed by atoms with Crippen molar-refractivity contribution in [1.82, 2.24) is 10.6 Å². The van der Waals surface area contributed by atoms with Crippen molar-refractivity contribution in [3.63, 3.8) is 0 Å². The van der Waals surface area contributed by atoms with Gasteiger partial charge in [0.05, 0.1) is 11.4 Å². The first-order chi connectivity index (χ1) is 13.0. The Morgan fingerprint density at radius 1 is 1.11 bits per heavy atom. The number of sulfonamides is 1. The maximum absolute atomic E-state index is 12.7. The fourth-order valence-electron chi connectivity index (χ4n) is 3.12. The van der Waals surface area contributed by atoms with Crippen LogP contribution in [0.25, 0.3) is 0 Å². The molecule has 0 bridgehead atoms. The SMILES string of the molecule is CN=C(NCCS(=O)(=O)N1CCc2ccccc21)NCc1ccc(C)cc1.I. The molecule has 1 aliphatic rings. The summed E-state index contributed by atoms with van der Waals surface area (Å²) in [5.74, 6) is 0.611. The van der Waals surface area contributed by atoms with Crippen LogP contribution in [0.2, 0.25) is 0 Å². The van der Waals surface area contributed by atoms with E-state index in [9.17, 15) is 8.42 Å². The predicted octanol–water partition coefficient (Wildman–Crippen LogP) is 2.67. The van der Waals surface area contributed by atoms with Crippen LogP contribution in [-0.2, 0) is 23.0 Å². The van der Waals surface area contributed by atoms with E-state index in [-0.39, 0.29) is 29.7 Å². The summed E-state index contributed by atoms with van der Waals surface area (Å²) < 4.78 is 26.9. The van der Waals surface area contributed by atoms with Crippen molar-refractivity contribution in [3.8, 4) is 0 Å². The van der Waals surface area contributed by atoms with Gasteiger partial charge in [-0.1, -0.05) is 48.0 Å². The topological polar surface area (TPSA) is 73.8 Å². The van der Waals surface area contributed by atoms with E-state index in [4.69, 9.17) is 0 Å². The van der Waals surface area contributed by atoms with Crippen LogP contribution in [0.3, 0.4) is 0 Å². The quantitative estimate of drug-likeness (QED) is 0.353. The van der Waals surface area contributed by atoms with Crippen LogP contribution >= 0.6 is 24.0 Å². The second-order valence-corrected chi connectivity index (χ2v) is 8.62. The van der Waals surface area contributed by atoms with Crippen molar-refractivity contribution >= 4 is 45.6 Å². The Kier molecular flexibility index (Phi) is 8.11. The number of para-hydroxylation sites is 1. The Hall–Kier alpha value is -1.81. The van der Waals surface area contributed by atoms with Gasteiger partial charge >= 0.3 is 0 Å². The van der Waals surface area contributed by atoms with Crippen LogP contribution in [0.4, 0.5) is 5.69 Å². The van der Waals surface area contributed by atoms with Gasteiger partial charge < -0.3 is 10.6 Å². The van der Waals surface area contributed by atoms with E-state index in [1.807, 2.05) is 24.3 Å². The zero-order chi connectivity index (χ0) is 19.3. The number of nitrogens with zero attached hydrogens (tertiary/aromatic N) is 2. The lowest BCUT2D eigenvalue weighted by molar-refractivity contribution is 0.591. The number of hydrogen-bond acceptors (Lipinski definition) is 3. The Morgan fingerprint density at radius 3 is 2.54 bits per heavy atom. The van der Waals surface area contributed by atoms with Gasteiger partial charge in [0.2, 0.25) is 10.0 Å². The number of fused-ring (bicyclic) bond motifs is 1. The minimum atomic E-state index is -3.36. The molecule has 8 heteroatoms. The first-order valence-corrected chi connectivity index (χ1v) is 10.7. The number of nitrogens with one attached hydrogen (secondary N) is 2. The van der Waals surface area contributed by atoms with Crippen LogP contribution in [-0.4, -0.2) is 40.3 Å². The van der Waals surface area contributed by atoms with Crippen LogP contribution < -0.4 is 14.9 Å².